The van der Waals surface area contributed by atoms with Gasteiger partial charge in [-0.3, -0.25) is 10.1 Å². The van der Waals surface area contributed by atoms with Gasteiger partial charge in [0.15, 0.2) is 0 Å². The Bertz CT molecular complexity index is 608. The number of fused-ring (bicyclic) bond motifs is 1. The highest BCUT2D eigenvalue weighted by molar-refractivity contribution is 5.94. The van der Waals surface area contributed by atoms with E-state index in [1.807, 2.05) is 24.3 Å². The van der Waals surface area contributed by atoms with E-state index in [-0.39, 0.29) is 6.54 Å². The van der Waals surface area contributed by atoms with Gasteiger partial charge in [-0.25, -0.2) is 9.78 Å². The maximum absolute atomic E-state index is 11.7. The zero-order chi connectivity index (χ0) is 14.4. The van der Waals surface area contributed by atoms with Crippen molar-refractivity contribution in [3.05, 3.63) is 30.6 Å². The molecule has 0 radical (unpaired) electrons. The molecule has 3 amide bonds. The first-order valence-electron chi connectivity index (χ1n) is 6.17. The molecule has 1 heterocycles. The highest BCUT2D eigenvalue weighted by atomic mass is 16.5. The Labute approximate surface area is 115 Å². The average Bonchev–Trinajstić information content (AvgIpc) is 2.82. The van der Waals surface area contributed by atoms with E-state index >= 15 is 0 Å². The van der Waals surface area contributed by atoms with Gasteiger partial charge in [-0.1, -0.05) is 12.1 Å². The molecule has 2 N–H and O–H groups in total. The van der Waals surface area contributed by atoms with Crippen LogP contribution >= 0.6 is 0 Å². The van der Waals surface area contributed by atoms with Crippen LogP contribution in [0.4, 0.5) is 4.79 Å². The number of nitrogens with zero attached hydrogens (tertiary/aromatic N) is 2. The standard InChI is InChI=1S/C13H16N4O3/c1-20-7-6-14-13(19)16-12(18)8-17-9-15-10-4-2-3-5-11(10)17/h2-5,9H,6-8H2,1H3,(H2,14,16,18,19). The van der Waals surface area contributed by atoms with Gasteiger partial charge in [-0.05, 0) is 12.1 Å². The molecule has 0 spiro atoms. The van der Waals surface area contributed by atoms with Crippen molar-refractivity contribution in [1.29, 1.82) is 0 Å². The number of amides is 3. The lowest BCUT2D eigenvalue weighted by molar-refractivity contribution is -0.120. The molecule has 0 atom stereocenters. The van der Waals surface area contributed by atoms with Gasteiger partial charge in [0.1, 0.15) is 6.54 Å². The second kappa shape index (κ2) is 6.67. The second-order valence-electron chi connectivity index (χ2n) is 4.16. The Morgan fingerprint density at radius 3 is 2.95 bits per heavy atom. The average molecular weight is 276 g/mol. The Morgan fingerprint density at radius 1 is 1.35 bits per heavy atom. The van der Waals surface area contributed by atoms with E-state index in [0.717, 1.165) is 11.0 Å². The first-order chi connectivity index (χ1) is 9.70. The van der Waals surface area contributed by atoms with Crippen LogP contribution in [0.5, 0.6) is 0 Å². The summed E-state index contributed by atoms with van der Waals surface area (Å²) in [5.74, 6) is -0.400. The molecule has 0 aliphatic carbocycles. The lowest BCUT2D eigenvalue weighted by atomic mass is 10.3. The number of carbonyl (C=O) groups excluding carboxylic acids is 2. The highest BCUT2D eigenvalue weighted by Gasteiger charge is 2.09. The van der Waals surface area contributed by atoms with Crippen molar-refractivity contribution < 1.29 is 14.3 Å². The van der Waals surface area contributed by atoms with Crippen LogP contribution in [-0.4, -0.2) is 41.8 Å². The molecule has 0 saturated heterocycles. The monoisotopic (exact) mass is 276 g/mol. The number of methoxy groups -OCH3 is 1. The van der Waals surface area contributed by atoms with Crippen LogP contribution in [-0.2, 0) is 16.1 Å². The van der Waals surface area contributed by atoms with Crippen LogP contribution in [0.1, 0.15) is 0 Å². The van der Waals surface area contributed by atoms with E-state index in [0.29, 0.717) is 13.2 Å². The van der Waals surface area contributed by atoms with Crippen molar-refractivity contribution in [1.82, 2.24) is 20.2 Å². The van der Waals surface area contributed by atoms with Gasteiger partial charge in [0, 0.05) is 13.7 Å². The quantitative estimate of drug-likeness (QED) is 0.779. The van der Waals surface area contributed by atoms with Crippen LogP contribution in [0, 0.1) is 0 Å². The number of aromatic nitrogens is 2. The minimum atomic E-state index is -0.531. The van der Waals surface area contributed by atoms with Gasteiger partial charge in [0.05, 0.1) is 24.0 Å². The van der Waals surface area contributed by atoms with E-state index in [1.54, 1.807) is 10.9 Å². The van der Waals surface area contributed by atoms with Crippen molar-refractivity contribution >= 4 is 23.0 Å². The lowest BCUT2D eigenvalue weighted by Crippen LogP contribution is -2.42. The molecule has 0 aliphatic rings. The fourth-order valence-corrected chi connectivity index (χ4v) is 1.77. The SMILES string of the molecule is COCCNC(=O)NC(=O)Cn1cnc2ccccc21. The number of ether oxygens (including phenoxy) is 1. The Kier molecular flexibility index (Phi) is 4.67. The number of imide groups is 1. The van der Waals surface area contributed by atoms with Crippen molar-refractivity contribution in [3.63, 3.8) is 0 Å². The third-order valence-corrected chi connectivity index (χ3v) is 2.69. The van der Waals surface area contributed by atoms with Gasteiger partial charge in [-0.2, -0.15) is 0 Å². The zero-order valence-electron chi connectivity index (χ0n) is 11.1. The molecule has 0 unspecified atom stereocenters. The topological polar surface area (TPSA) is 85.3 Å². The molecule has 2 rings (SSSR count). The summed E-state index contributed by atoms with van der Waals surface area (Å²) < 4.78 is 6.48. The number of nitrogens with one attached hydrogen (secondary N) is 2. The normalized spacial score (nSPS) is 10.4. The second-order valence-corrected chi connectivity index (χ2v) is 4.16. The predicted octanol–water partition coefficient (Wildman–Crippen LogP) is 0.508. The number of urea groups is 1. The van der Waals surface area contributed by atoms with E-state index in [2.05, 4.69) is 15.6 Å². The predicted molar refractivity (Wildman–Crippen MR) is 73.2 cm³/mol. The van der Waals surface area contributed by atoms with Crippen molar-refractivity contribution in [3.8, 4) is 0 Å². The fraction of sp³-hybridized carbons (Fsp3) is 0.308. The largest absolute Gasteiger partial charge is 0.383 e. The number of benzene rings is 1. The third kappa shape index (κ3) is 3.55. The van der Waals surface area contributed by atoms with E-state index in [9.17, 15) is 9.59 Å². The van der Waals surface area contributed by atoms with Crippen LogP contribution in [0.25, 0.3) is 11.0 Å². The maximum atomic E-state index is 11.7. The molecule has 0 fully saturated rings. The van der Waals surface area contributed by atoms with E-state index < -0.39 is 11.9 Å². The minimum absolute atomic E-state index is 0.0399. The number of rotatable bonds is 5. The van der Waals surface area contributed by atoms with Crippen LogP contribution < -0.4 is 10.6 Å². The molecule has 0 saturated carbocycles. The molecule has 1 aromatic heterocycles. The van der Waals surface area contributed by atoms with Gasteiger partial charge in [0.2, 0.25) is 5.91 Å². The van der Waals surface area contributed by atoms with Crippen LogP contribution in [0.3, 0.4) is 0 Å². The van der Waals surface area contributed by atoms with Crippen molar-refractivity contribution in [2.45, 2.75) is 6.54 Å². The number of para-hydroxylation sites is 2. The smallest absolute Gasteiger partial charge is 0.321 e. The molecule has 7 heteroatoms. The lowest BCUT2D eigenvalue weighted by Gasteiger charge is -2.07. The summed E-state index contributed by atoms with van der Waals surface area (Å²) in [5.41, 5.74) is 1.66. The molecular weight excluding hydrogens is 260 g/mol. The number of hydrogen-bond donors (Lipinski definition) is 2. The van der Waals surface area contributed by atoms with Crippen LogP contribution in [0.2, 0.25) is 0 Å². The van der Waals surface area contributed by atoms with Gasteiger partial charge < -0.3 is 14.6 Å². The summed E-state index contributed by atoms with van der Waals surface area (Å²) in [5, 5.41) is 4.76. The third-order valence-electron chi connectivity index (χ3n) is 2.69. The molecular formula is C13H16N4O3. The minimum Gasteiger partial charge on any atom is -0.383 e. The summed E-state index contributed by atoms with van der Waals surface area (Å²) in [7, 11) is 1.54. The first kappa shape index (κ1) is 14.0. The zero-order valence-corrected chi connectivity index (χ0v) is 11.1. The van der Waals surface area contributed by atoms with E-state index in [1.165, 1.54) is 7.11 Å². The summed E-state index contributed by atoms with van der Waals surface area (Å²) in [6, 6.07) is 6.95. The maximum Gasteiger partial charge on any atom is 0.321 e. The molecule has 106 valence electrons. The first-order valence-corrected chi connectivity index (χ1v) is 6.17. The molecule has 0 aliphatic heterocycles. The molecule has 2 aromatic rings. The molecule has 0 bridgehead atoms. The fourth-order valence-electron chi connectivity index (χ4n) is 1.77. The summed E-state index contributed by atoms with van der Waals surface area (Å²) in [6.45, 7) is 0.787. The van der Waals surface area contributed by atoms with Crippen molar-refractivity contribution in [2.24, 2.45) is 0 Å². The number of hydrogen-bond acceptors (Lipinski definition) is 4. The summed E-state index contributed by atoms with van der Waals surface area (Å²) in [4.78, 5) is 27.3. The Balaban J connectivity index is 1.90. The number of carbonyl (C=O) groups is 2. The Hall–Kier alpha value is -2.41. The number of imidazole rings is 1. The molecule has 20 heavy (non-hydrogen) atoms. The molecule has 7 nitrogen and oxygen atoms in total. The summed E-state index contributed by atoms with van der Waals surface area (Å²) in [6.07, 6.45) is 1.58. The van der Waals surface area contributed by atoms with Crippen molar-refractivity contribution in [2.75, 3.05) is 20.3 Å². The molecule has 1 aromatic carbocycles. The highest BCUT2D eigenvalue weighted by Crippen LogP contribution is 2.11. The Morgan fingerprint density at radius 2 is 2.15 bits per heavy atom. The van der Waals surface area contributed by atoms with Gasteiger partial charge in [0.25, 0.3) is 0 Å². The van der Waals surface area contributed by atoms with Gasteiger partial charge >= 0.3 is 6.03 Å². The van der Waals surface area contributed by atoms with Crippen LogP contribution in [0.15, 0.2) is 30.6 Å². The summed E-state index contributed by atoms with van der Waals surface area (Å²) >= 11 is 0. The van der Waals surface area contributed by atoms with Gasteiger partial charge in [-0.15, -0.1) is 0 Å². The van der Waals surface area contributed by atoms with E-state index in [4.69, 9.17) is 4.74 Å².